The Bertz CT molecular complexity index is 128. The summed E-state index contributed by atoms with van der Waals surface area (Å²) in [6.07, 6.45) is 2.66. The predicted molar refractivity (Wildman–Crippen MR) is 53.2 cm³/mol. The van der Waals surface area contributed by atoms with E-state index in [2.05, 4.69) is 30.6 Å². The highest BCUT2D eigenvalue weighted by Gasteiger charge is 2.11. The maximum absolute atomic E-state index is 3.87. The molecule has 0 atom stereocenters. The summed E-state index contributed by atoms with van der Waals surface area (Å²) in [5.74, 6) is 2.65. The second-order valence-corrected chi connectivity index (χ2v) is 4.45. The molecule has 0 saturated carbocycles. The monoisotopic (exact) mass is 171 g/mol. The average molecular weight is 171 g/mol. The van der Waals surface area contributed by atoms with Gasteiger partial charge in [-0.15, -0.1) is 0 Å². The van der Waals surface area contributed by atoms with Gasteiger partial charge < -0.3 is 5.32 Å². The second kappa shape index (κ2) is 4.83. The standard InChI is InChI=1S/C9H17NS/c1-8(2)7-10-9-3-5-11-6-4-9/h9-10H,1,3-7H2,2H3. The van der Waals surface area contributed by atoms with Gasteiger partial charge in [0.2, 0.25) is 0 Å². The summed E-state index contributed by atoms with van der Waals surface area (Å²) in [5, 5.41) is 3.51. The van der Waals surface area contributed by atoms with E-state index < -0.39 is 0 Å². The number of hydrogen-bond acceptors (Lipinski definition) is 2. The molecule has 1 N–H and O–H groups in total. The van der Waals surface area contributed by atoms with Gasteiger partial charge in [-0.25, -0.2) is 0 Å². The Balaban J connectivity index is 2.09. The minimum atomic E-state index is 0.757. The fraction of sp³-hybridized carbons (Fsp3) is 0.778. The van der Waals surface area contributed by atoms with E-state index in [0.717, 1.165) is 12.6 Å². The summed E-state index contributed by atoms with van der Waals surface area (Å²) < 4.78 is 0. The maximum Gasteiger partial charge on any atom is 0.0161 e. The summed E-state index contributed by atoms with van der Waals surface area (Å²) in [5.41, 5.74) is 1.24. The van der Waals surface area contributed by atoms with Crippen LogP contribution >= 0.6 is 11.8 Å². The molecule has 1 fully saturated rings. The van der Waals surface area contributed by atoms with Crippen molar-refractivity contribution in [2.45, 2.75) is 25.8 Å². The van der Waals surface area contributed by atoms with Crippen molar-refractivity contribution in [3.63, 3.8) is 0 Å². The minimum Gasteiger partial charge on any atom is -0.310 e. The Morgan fingerprint density at radius 3 is 2.73 bits per heavy atom. The van der Waals surface area contributed by atoms with E-state index in [0.29, 0.717) is 0 Å². The van der Waals surface area contributed by atoms with E-state index in [9.17, 15) is 0 Å². The molecule has 64 valence electrons. The van der Waals surface area contributed by atoms with Crippen molar-refractivity contribution in [1.82, 2.24) is 5.32 Å². The van der Waals surface area contributed by atoms with E-state index in [-0.39, 0.29) is 0 Å². The SMILES string of the molecule is C=C(C)CNC1CCSCC1. The zero-order valence-electron chi connectivity index (χ0n) is 7.23. The van der Waals surface area contributed by atoms with E-state index >= 15 is 0 Å². The van der Waals surface area contributed by atoms with Gasteiger partial charge in [0.15, 0.2) is 0 Å². The van der Waals surface area contributed by atoms with E-state index in [4.69, 9.17) is 0 Å². The lowest BCUT2D eigenvalue weighted by Gasteiger charge is -2.22. The van der Waals surface area contributed by atoms with E-state index in [1.165, 1.54) is 29.9 Å². The molecule has 1 saturated heterocycles. The van der Waals surface area contributed by atoms with Crippen LogP contribution in [0.25, 0.3) is 0 Å². The molecular formula is C9H17NS. The third-order valence-corrected chi connectivity index (χ3v) is 2.96. The smallest absolute Gasteiger partial charge is 0.0161 e. The molecule has 0 aliphatic carbocycles. The van der Waals surface area contributed by atoms with Crippen LogP contribution in [-0.4, -0.2) is 24.1 Å². The Morgan fingerprint density at radius 2 is 2.18 bits per heavy atom. The zero-order valence-corrected chi connectivity index (χ0v) is 8.04. The first-order valence-corrected chi connectivity index (χ1v) is 5.40. The van der Waals surface area contributed by atoms with Gasteiger partial charge in [0, 0.05) is 12.6 Å². The van der Waals surface area contributed by atoms with Crippen LogP contribution in [-0.2, 0) is 0 Å². The largest absolute Gasteiger partial charge is 0.310 e. The van der Waals surface area contributed by atoms with Crippen LogP contribution in [0.15, 0.2) is 12.2 Å². The molecule has 1 heterocycles. The summed E-state index contributed by atoms with van der Waals surface area (Å²) in [6.45, 7) is 6.94. The third-order valence-electron chi connectivity index (χ3n) is 1.91. The van der Waals surface area contributed by atoms with Crippen LogP contribution < -0.4 is 5.32 Å². The van der Waals surface area contributed by atoms with Crippen molar-refractivity contribution in [2.75, 3.05) is 18.1 Å². The first kappa shape index (κ1) is 9.14. The van der Waals surface area contributed by atoms with Gasteiger partial charge in [-0.05, 0) is 31.3 Å². The quantitative estimate of drug-likeness (QED) is 0.652. The van der Waals surface area contributed by atoms with Crippen molar-refractivity contribution in [1.29, 1.82) is 0 Å². The van der Waals surface area contributed by atoms with Gasteiger partial charge in [0.25, 0.3) is 0 Å². The molecule has 1 aliphatic heterocycles. The van der Waals surface area contributed by atoms with Crippen LogP contribution in [0.5, 0.6) is 0 Å². The molecule has 0 bridgehead atoms. The van der Waals surface area contributed by atoms with Crippen LogP contribution in [0.3, 0.4) is 0 Å². The van der Waals surface area contributed by atoms with Crippen molar-refractivity contribution in [3.05, 3.63) is 12.2 Å². The van der Waals surface area contributed by atoms with Crippen molar-refractivity contribution < 1.29 is 0 Å². The lowest BCUT2D eigenvalue weighted by molar-refractivity contribution is 0.503. The van der Waals surface area contributed by atoms with Gasteiger partial charge in [0.1, 0.15) is 0 Å². The summed E-state index contributed by atoms with van der Waals surface area (Å²) in [6, 6.07) is 0.757. The van der Waals surface area contributed by atoms with Crippen molar-refractivity contribution in [2.24, 2.45) is 0 Å². The highest BCUT2D eigenvalue weighted by atomic mass is 32.2. The Kier molecular flexibility index (Phi) is 4.02. The topological polar surface area (TPSA) is 12.0 Å². The lowest BCUT2D eigenvalue weighted by Crippen LogP contribution is -2.33. The van der Waals surface area contributed by atoms with Crippen molar-refractivity contribution >= 4 is 11.8 Å². The fourth-order valence-corrected chi connectivity index (χ4v) is 2.33. The minimum absolute atomic E-state index is 0.757. The first-order chi connectivity index (χ1) is 5.29. The molecular weight excluding hydrogens is 154 g/mol. The highest BCUT2D eigenvalue weighted by Crippen LogP contribution is 2.16. The molecule has 1 nitrogen and oxygen atoms in total. The first-order valence-electron chi connectivity index (χ1n) is 4.24. The Labute approximate surface area is 73.6 Å². The average Bonchev–Trinajstić information content (AvgIpc) is 2.03. The molecule has 0 radical (unpaired) electrons. The normalized spacial score (nSPS) is 20.1. The number of nitrogens with one attached hydrogen (secondary N) is 1. The lowest BCUT2D eigenvalue weighted by atomic mass is 10.1. The van der Waals surface area contributed by atoms with Crippen LogP contribution in [0.4, 0.5) is 0 Å². The molecule has 0 amide bonds. The number of thioether (sulfide) groups is 1. The van der Waals surface area contributed by atoms with Crippen LogP contribution in [0.2, 0.25) is 0 Å². The summed E-state index contributed by atoms with van der Waals surface area (Å²) >= 11 is 2.07. The van der Waals surface area contributed by atoms with Crippen LogP contribution in [0.1, 0.15) is 19.8 Å². The summed E-state index contributed by atoms with van der Waals surface area (Å²) in [4.78, 5) is 0. The maximum atomic E-state index is 3.87. The molecule has 1 rings (SSSR count). The molecule has 11 heavy (non-hydrogen) atoms. The predicted octanol–water partition coefficient (Wildman–Crippen LogP) is 2.05. The van der Waals surface area contributed by atoms with E-state index in [1.807, 2.05) is 0 Å². The number of hydrogen-bond donors (Lipinski definition) is 1. The summed E-state index contributed by atoms with van der Waals surface area (Å²) in [7, 11) is 0. The molecule has 0 aromatic heterocycles. The molecule has 2 heteroatoms. The van der Waals surface area contributed by atoms with E-state index in [1.54, 1.807) is 0 Å². The van der Waals surface area contributed by atoms with Gasteiger partial charge in [-0.1, -0.05) is 12.2 Å². The molecule has 1 aliphatic rings. The number of rotatable bonds is 3. The van der Waals surface area contributed by atoms with Crippen molar-refractivity contribution in [3.8, 4) is 0 Å². The Morgan fingerprint density at radius 1 is 1.55 bits per heavy atom. The highest BCUT2D eigenvalue weighted by molar-refractivity contribution is 7.99. The molecule has 0 unspecified atom stereocenters. The second-order valence-electron chi connectivity index (χ2n) is 3.22. The van der Waals surface area contributed by atoms with Gasteiger partial charge in [0.05, 0.1) is 0 Å². The Hall–Kier alpha value is 0.0500. The molecule has 0 aromatic rings. The molecule has 0 spiro atoms. The van der Waals surface area contributed by atoms with Crippen LogP contribution in [0, 0.1) is 0 Å². The van der Waals surface area contributed by atoms with Gasteiger partial charge >= 0.3 is 0 Å². The fourth-order valence-electron chi connectivity index (χ4n) is 1.22. The third kappa shape index (κ3) is 3.82. The molecule has 0 aromatic carbocycles. The van der Waals surface area contributed by atoms with Gasteiger partial charge in [-0.3, -0.25) is 0 Å². The zero-order chi connectivity index (χ0) is 8.10. The van der Waals surface area contributed by atoms with Gasteiger partial charge in [-0.2, -0.15) is 11.8 Å².